The molecule has 1 aliphatic rings. The Bertz CT molecular complexity index is 1020. The largest absolute Gasteiger partial charge is 0.323 e. The zero-order chi connectivity index (χ0) is 19.0. The highest BCUT2D eigenvalue weighted by molar-refractivity contribution is 6.35. The summed E-state index contributed by atoms with van der Waals surface area (Å²) in [4.78, 5) is 23.5. The quantitative estimate of drug-likeness (QED) is 0.664. The van der Waals surface area contributed by atoms with E-state index >= 15 is 0 Å². The molecule has 136 valence electrons. The van der Waals surface area contributed by atoms with E-state index in [1.165, 1.54) is 0 Å². The van der Waals surface area contributed by atoms with Crippen LogP contribution in [0.25, 0.3) is 0 Å². The lowest BCUT2D eigenvalue weighted by Crippen LogP contribution is -2.36. The maximum atomic E-state index is 13.1. The van der Waals surface area contributed by atoms with Crippen molar-refractivity contribution in [1.82, 2.24) is 9.97 Å². The molecule has 1 unspecified atom stereocenters. The van der Waals surface area contributed by atoms with E-state index in [1.54, 1.807) is 35.4 Å². The van der Waals surface area contributed by atoms with Crippen molar-refractivity contribution in [1.29, 1.82) is 0 Å². The zero-order valence-corrected chi connectivity index (χ0v) is 16.0. The van der Waals surface area contributed by atoms with E-state index in [2.05, 4.69) is 15.3 Å². The average Bonchev–Trinajstić information content (AvgIpc) is 3.00. The van der Waals surface area contributed by atoms with Gasteiger partial charge in [-0.05, 0) is 49.2 Å². The van der Waals surface area contributed by atoms with Gasteiger partial charge in [0.05, 0.1) is 10.7 Å². The Morgan fingerprint density at radius 3 is 2.85 bits per heavy atom. The van der Waals surface area contributed by atoms with Gasteiger partial charge in [0.2, 0.25) is 5.95 Å². The summed E-state index contributed by atoms with van der Waals surface area (Å²) in [5.41, 5.74) is 2.99. The second-order valence-corrected chi connectivity index (χ2v) is 7.22. The number of fused-ring (bicyclic) bond motifs is 1. The van der Waals surface area contributed by atoms with Crippen molar-refractivity contribution in [2.24, 2.45) is 0 Å². The summed E-state index contributed by atoms with van der Waals surface area (Å²) in [6.45, 7) is 2.03. The van der Waals surface area contributed by atoms with E-state index in [4.69, 9.17) is 23.2 Å². The van der Waals surface area contributed by atoms with Gasteiger partial charge in [0, 0.05) is 22.9 Å². The van der Waals surface area contributed by atoms with Gasteiger partial charge in [-0.3, -0.25) is 4.79 Å². The minimum absolute atomic E-state index is 0.0728. The van der Waals surface area contributed by atoms with Crippen LogP contribution in [0.3, 0.4) is 0 Å². The Kier molecular flexibility index (Phi) is 4.72. The fourth-order valence-electron chi connectivity index (χ4n) is 3.25. The molecule has 0 radical (unpaired) electrons. The minimum Gasteiger partial charge on any atom is -0.323 e. The topological polar surface area (TPSA) is 58.1 Å². The predicted molar refractivity (Wildman–Crippen MR) is 108 cm³/mol. The van der Waals surface area contributed by atoms with Gasteiger partial charge in [-0.15, -0.1) is 0 Å². The van der Waals surface area contributed by atoms with Gasteiger partial charge in [-0.2, -0.15) is 0 Å². The molecule has 2 heterocycles. The van der Waals surface area contributed by atoms with E-state index < -0.39 is 0 Å². The number of para-hydroxylation sites is 1. The first-order valence-corrected chi connectivity index (χ1v) is 9.25. The highest BCUT2D eigenvalue weighted by Gasteiger charge is 2.32. The number of carbonyl (C=O) groups excluding carboxylic acids is 1. The maximum absolute atomic E-state index is 13.1. The smallest absolute Gasteiger partial charge is 0.277 e. The number of nitrogens with zero attached hydrogens (tertiary/aromatic N) is 3. The van der Waals surface area contributed by atoms with Crippen molar-refractivity contribution in [3.63, 3.8) is 0 Å². The number of benzene rings is 2. The molecule has 0 fully saturated rings. The van der Waals surface area contributed by atoms with Crippen molar-refractivity contribution in [2.45, 2.75) is 19.4 Å². The number of amides is 1. The molecule has 1 aromatic heterocycles. The van der Waals surface area contributed by atoms with E-state index in [1.807, 2.05) is 31.2 Å². The molecule has 1 amide bonds. The molecule has 3 aromatic rings. The SMILES string of the molecule is CC1Cc2ccccc2N1C(=O)c1ccnc(Nc2cc(Cl)ccc2Cl)n1. The standard InChI is InChI=1S/C20H16Cl2N4O/c1-12-10-13-4-2-3-5-18(13)26(12)19(27)16-8-9-23-20(24-16)25-17-11-14(21)6-7-15(17)22/h2-9,11-12H,10H2,1H3,(H,23,24,25). The predicted octanol–water partition coefficient (Wildman–Crippen LogP) is 5.12. The van der Waals surface area contributed by atoms with Crippen LogP contribution < -0.4 is 10.2 Å². The van der Waals surface area contributed by atoms with Crippen LogP contribution in [0.5, 0.6) is 0 Å². The molecule has 0 saturated carbocycles. The van der Waals surface area contributed by atoms with Crippen molar-refractivity contribution in [3.8, 4) is 0 Å². The summed E-state index contributed by atoms with van der Waals surface area (Å²) in [5, 5.41) is 4.05. The molecular weight excluding hydrogens is 383 g/mol. The van der Waals surface area contributed by atoms with Crippen molar-refractivity contribution < 1.29 is 4.79 Å². The molecule has 2 aromatic carbocycles. The van der Waals surface area contributed by atoms with Crippen LogP contribution in [-0.2, 0) is 6.42 Å². The Balaban J connectivity index is 1.63. The zero-order valence-electron chi connectivity index (χ0n) is 14.5. The summed E-state index contributed by atoms with van der Waals surface area (Å²) in [6.07, 6.45) is 2.38. The number of aromatic nitrogens is 2. The summed E-state index contributed by atoms with van der Waals surface area (Å²) in [7, 11) is 0. The Morgan fingerprint density at radius 2 is 2.00 bits per heavy atom. The van der Waals surface area contributed by atoms with E-state index in [9.17, 15) is 4.79 Å². The third-order valence-corrected chi connectivity index (χ3v) is 5.04. The second kappa shape index (κ2) is 7.18. The number of nitrogens with one attached hydrogen (secondary N) is 1. The number of carbonyl (C=O) groups is 1. The molecule has 1 N–H and O–H groups in total. The molecule has 4 rings (SSSR count). The normalized spacial score (nSPS) is 15.5. The number of hydrogen-bond acceptors (Lipinski definition) is 4. The van der Waals surface area contributed by atoms with Gasteiger partial charge >= 0.3 is 0 Å². The van der Waals surface area contributed by atoms with Crippen molar-refractivity contribution in [2.75, 3.05) is 10.2 Å². The lowest BCUT2D eigenvalue weighted by atomic mass is 10.1. The summed E-state index contributed by atoms with van der Waals surface area (Å²) < 4.78 is 0. The van der Waals surface area contributed by atoms with Gasteiger partial charge in [0.1, 0.15) is 5.69 Å². The molecule has 27 heavy (non-hydrogen) atoms. The monoisotopic (exact) mass is 398 g/mol. The highest BCUT2D eigenvalue weighted by Crippen LogP contribution is 2.33. The fourth-order valence-corrected chi connectivity index (χ4v) is 3.59. The number of rotatable bonds is 3. The van der Waals surface area contributed by atoms with Crippen LogP contribution in [-0.4, -0.2) is 21.9 Å². The van der Waals surface area contributed by atoms with Gasteiger partial charge in [0.15, 0.2) is 0 Å². The molecule has 0 bridgehead atoms. The van der Waals surface area contributed by atoms with E-state index in [-0.39, 0.29) is 17.9 Å². The Labute approximate surface area is 167 Å². The van der Waals surface area contributed by atoms with Crippen molar-refractivity contribution in [3.05, 3.63) is 76.0 Å². The van der Waals surface area contributed by atoms with Gasteiger partial charge in [0.25, 0.3) is 5.91 Å². The first-order valence-electron chi connectivity index (χ1n) is 8.49. The van der Waals surface area contributed by atoms with Crippen LogP contribution in [0.15, 0.2) is 54.7 Å². The average molecular weight is 399 g/mol. The van der Waals surface area contributed by atoms with Crippen LogP contribution >= 0.6 is 23.2 Å². The Hall–Kier alpha value is -2.63. The van der Waals surface area contributed by atoms with Crippen LogP contribution in [0.4, 0.5) is 17.3 Å². The third-order valence-electron chi connectivity index (χ3n) is 4.48. The Morgan fingerprint density at radius 1 is 1.19 bits per heavy atom. The number of halogens is 2. The molecule has 0 aliphatic carbocycles. The van der Waals surface area contributed by atoms with E-state index in [0.29, 0.717) is 21.4 Å². The lowest BCUT2D eigenvalue weighted by Gasteiger charge is -2.22. The fraction of sp³-hybridized carbons (Fsp3) is 0.150. The lowest BCUT2D eigenvalue weighted by molar-refractivity contribution is 0.0976. The number of anilines is 3. The maximum Gasteiger partial charge on any atom is 0.277 e. The first kappa shape index (κ1) is 17.8. The van der Waals surface area contributed by atoms with Gasteiger partial charge in [-0.25, -0.2) is 9.97 Å². The molecule has 1 aliphatic heterocycles. The first-order chi connectivity index (χ1) is 13.0. The van der Waals surface area contributed by atoms with Gasteiger partial charge in [-0.1, -0.05) is 41.4 Å². The van der Waals surface area contributed by atoms with Crippen LogP contribution in [0, 0.1) is 0 Å². The summed E-state index contributed by atoms with van der Waals surface area (Å²) in [6, 6.07) is 14.7. The molecule has 1 atom stereocenters. The van der Waals surface area contributed by atoms with Gasteiger partial charge < -0.3 is 10.2 Å². The number of hydrogen-bond donors (Lipinski definition) is 1. The van der Waals surface area contributed by atoms with Crippen LogP contribution in [0.2, 0.25) is 10.0 Å². The second-order valence-electron chi connectivity index (χ2n) is 6.37. The van der Waals surface area contributed by atoms with Crippen LogP contribution in [0.1, 0.15) is 23.0 Å². The summed E-state index contributed by atoms with van der Waals surface area (Å²) in [5.74, 6) is 0.125. The molecule has 5 nitrogen and oxygen atoms in total. The van der Waals surface area contributed by atoms with E-state index in [0.717, 1.165) is 17.7 Å². The summed E-state index contributed by atoms with van der Waals surface area (Å²) >= 11 is 12.2. The highest BCUT2D eigenvalue weighted by atomic mass is 35.5. The van der Waals surface area contributed by atoms with Crippen molar-refractivity contribution >= 4 is 46.4 Å². The molecule has 0 spiro atoms. The molecule has 0 saturated heterocycles. The molecular formula is C20H16Cl2N4O. The molecule has 7 heteroatoms. The third kappa shape index (κ3) is 3.48. The minimum atomic E-state index is -0.157.